The van der Waals surface area contributed by atoms with Gasteiger partial charge in [-0.15, -0.1) is 12.4 Å². The average Bonchev–Trinajstić information content (AvgIpc) is 2.91. The van der Waals surface area contributed by atoms with E-state index in [1.54, 1.807) is 0 Å². The maximum absolute atomic E-state index is 12.4. The van der Waals surface area contributed by atoms with E-state index in [4.69, 9.17) is 4.74 Å². The van der Waals surface area contributed by atoms with E-state index in [1.165, 1.54) is 5.56 Å². The fraction of sp³-hybridized carbons (Fsp3) is 0.611. The standard InChI is InChI=1S/C18H25N3O2.ClH/c1-13-2-3-16-17(12-13)21(18(22)19-16)15-4-8-20(9-5-15)14-6-10-23-11-7-14;/h2-3,12,14-15H,4-11H2,1H3,(H,19,22);1H. The van der Waals surface area contributed by atoms with Crippen LogP contribution in [0.2, 0.25) is 0 Å². The fourth-order valence-electron chi connectivity index (χ4n) is 4.15. The van der Waals surface area contributed by atoms with Crippen LogP contribution in [-0.4, -0.2) is 46.8 Å². The van der Waals surface area contributed by atoms with Gasteiger partial charge in [-0.05, 0) is 50.3 Å². The Morgan fingerprint density at radius 2 is 1.79 bits per heavy atom. The Labute approximate surface area is 148 Å². The molecule has 3 heterocycles. The quantitative estimate of drug-likeness (QED) is 0.905. The van der Waals surface area contributed by atoms with Crippen molar-refractivity contribution < 1.29 is 4.74 Å². The van der Waals surface area contributed by atoms with Crippen LogP contribution < -0.4 is 5.69 Å². The zero-order chi connectivity index (χ0) is 15.8. The number of aryl methyl sites for hydroxylation is 1. The molecular formula is C18H26ClN3O2. The Morgan fingerprint density at radius 1 is 1.08 bits per heavy atom. The van der Waals surface area contributed by atoms with Crippen molar-refractivity contribution in [2.24, 2.45) is 0 Å². The molecule has 1 aromatic heterocycles. The maximum atomic E-state index is 12.4. The third-order valence-corrected chi connectivity index (χ3v) is 5.44. The number of imidazole rings is 1. The minimum Gasteiger partial charge on any atom is -0.381 e. The number of ether oxygens (including phenoxy) is 1. The molecule has 0 saturated carbocycles. The van der Waals surface area contributed by atoms with Gasteiger partial charge in [0.1, 0.15) is 0 Å². The molecule has 0 radical (unpaired) electrons. The van der Waals surface area contributed by atoms with Gasteiger partial charge in [-0.3, -0.25) is 4.57 Å². The molecule has 24 heavy (non-hydrogen) atoms. The highest BCUT2D eigenvalue weighted by Crippen LogP contribution is 2.28. The van der Waals surface area contributed by atoms with Gasteiger partial charge in [-0.2, -0.15) is 0 Å². The number of H-pyrrole nitrogens is 1. The monoisotopic (exact) mass is 351 g/mol. The molecule has 0 spiro atoms. The van der Waals surface area contributed by atoms with Crippen LogP contribution in [0.4, 0.5) is 0 Å². The van der Waals surface area contributed by atoms with Crippen molar-refractivity contribution in [1.29, 1.82) is 0 Å². The highest BCUT2D eigenvalue weighted by atomic mass is 35.5. The van der Waals surface area contributed by atoms with E-state index in [0.29, 0.717) is 12.1 Å². The van der Waals surface area contributed by atoms with Crippen LogP contribution in [0, 0.1) is 6.92 Å². The number of halogens is 1. The summed E-state index contributed by atoms with van der Waals surface area (Å²) in [7, 11) is 0. The molecule has 1 N–H and O–H groups in total. The number of aromatic nitrogens is 2. The van der Waals surface area contributed by atoms with Gasteiger partial charge in [-0.25, -0.2) is 4.79 Å². The van der Waals surface area contributed by atoms with Crippen LogP contribution in [0.15, 0.2) is 23.0 Å². The number of hydrogen-bond donors (Lipinski definition) is 1. The molecule has 1 aromatic carbocycles. The largest absolute Gasteiger partial charge is 0.381 e. The molecule has 0 unspecified atom stereocenters. The lowest BCUT2D eigenvalue weighted by Gasteiger charge is -2.39. The highest BCUT2D eigenvalue weighted by Gasteiger charge is 2.28. The number of aromatic amines is 1. The van der Waals surface area contributed by atoms with Gasteiger partial charge in [0.15, 0.2) is 0 Å². The normalized spacial score (nSPS) is 21.0. The Balaban J connectivity index is 0.00000169. The van der Waals surface area contributed by atoms with Crippen LogP contribution in [0.1, 0.15) is 37.3 Å². The Bertz CT molecular complexity index is 740. The number of fused-ring (bicyclic) bond motifs is 1. The lowest BCUT2D eigenvalue weighted by molar-refractivity contribution is 0.0220. The van der Waals surface area contributed by atoms with E-state index >= 15 is 0 Å². The minimum absolute atomic E-state index is 0. The number of likely N-dealkylation sites (tertiary alicyclic amines) is 1. The van der Waals surface area contributed by atoms with Crippen molar-refractivity contribution in [3.8, 4) is 0 Å². The molecule has 0 amide bonds. The average molecular weight is 352 g/mol. The number of nitrogens with one attached hydrogen (secondary N) is 1. The van der Waals surface area contributed by atoms with E-state index in [9.17, 15) is 4.79 Å². The summed E-state index contributed by atoms with van der Waals surface area (Å²) in [6.45, 7) is 6.03. The van der Waals surface area contributed by atoms with Crippen molar-refractivity contribution in [3.63, 3.8) is 0 Å². The first-order chi connectivity index (χ1) is 11.2. The van der Waals surface area contributed by atoms with Crippen LogP contribution in [0.3, 0.4) is 0 Å². The lowest BCUT2D eigenvalue weighted by Crippen LogP contribution is -2.45. The molecule has 0 atom stereocenters. The SMILES string of the molecule is Cc1ccc2[nH]c(=O)n(C3CCN(C4CCOCC4)CC3)c2c1.Cl. The number of benzene rings is 1. The van der Waals surface area contributed by atoms with Gasteiger partial charge in [0, 0.05) is 38.4 Å². The topological polar surface area (TPSA) is 50.3 Å². The first-order valence-electron chi connectivity index (χ1n) is 8.75. The fourth-order valence-corrected chi connectivity index (χ4v) is 4.15. The summed E-state index contributed by atoms with van der Waals surface area (Å²) in [5.41, 5.74) is 3.24. The molecule has 132 valence electrons. The molecule has 0 aliphatic carbocycles. The highest BCUT2D eigenvalue weighted by molar-refractivity contribution is 5.85. The van der Waals surface area contributed by atoms with Crippen molar-refractivity contribution >= 4 is 23.4 Å². The maximum Gasteiger partial charge on any atom is 0.326 e. The van der Waals surface area contributed by atoms with E-state index in [2.05, 4.69) is 28.9 Å². The molecule has 5 nitrogen and oxygen atoms in total. The molecule has 2 fully saturated rings. The lowest BCUT2D eigenvalue weighted by atomic mass is 9.99. The van der Waals surface area contributed by atoms with Gasteiger partial charge >= 0.3 is 5.69 Å². The van der Waals surface area contributed by atoms with Crippen molar-refractivity contribution in [3.05, 3.63) is 34.2 Å². The van der Waals surface area contributed by atoms with E-state index < -0.39 is 0 Å². The van der Waals surface area contributed by atoms with Crippen LogP contribution >= 0.6 is 12.4 Å². The zero-order valence-electron chi connectivity index (χ0n) is 14.2. The van der Waals surface area contributed by atoms with E-state index in [-0.39, 0.29) is 18.1 Å². The Kier molecular flexibility index (Phi) is 5.33. The molecular weight excluding hydrogens is 326 g/mol. The third kappa shape index (κ3) is 3.25. The second-order valence-corrected chi connectivity index (χ2v) is 6.93. The predicted octanol–water partition coefficient (Wildman–Crippen LogP) is 2.88. The molecule has 2 aromatic rings. The molecule has 4 rings (SSSR count). The minimum atomic E-state index is 0. The van der Waals surface area contributed by atoms with Crippen molar-refractivity contribution in [2.75, 3.05) is 26.3 Å². The van der Waals surface area contributed by atoms with Gasteiger partial charge in [-0.1, -0.05) is 6.07 Å². The van der Waals surface area contributed by atoms with E-state index in [1.807, 2.05) is 10.6 Å². The zero-order valence-corrected chi connectivity index (χ0v) is 15.0. The summed E-state index contributed by atoms with van der Waals surface area (Å²) < 4.78 is 7.46. The molecule has 2 aliphatic rings. The van der Waals surface area contributed by atoms with Crippen LogP contribution in [-0.2, 0) is 4.74 Å². The summed E-state index contributed by atoms with van der Waals surface area (Å²) in [5, 5.41) is 0. The van der Waals surface area contributed by atoms with Crippen molar-refractivity contribution in [1.82, 2.24) is 14.5 Å². The molecule has 2 saturated heterocycles. The van der Waals surface area contributed by atoms with Gasteiger partial charge < -0.3 is 14.6 Å². The second kappa shape index (κ2) is 7.30. The molecule has 2 aliphatic heterocycles. The summed E-state index contributed by atoms with van der Waals surface area (Å²) in [6, 6.07) is 7.18. The number of hydrogen-bond acceptors (Lipinski definition) is 3. The van der Waals surface area contributed by atoms with Gasteiger partial charge in [0.05, 0.1) is 11.0 Å². The van der Waals surface area contributed by atoms with Crippen LogP contribution in [0.5, 0.6) is 0 Å². The van der Waals surface area contributed by atoms with Gasteiger partial charge in [0.2, 0.25) is 0 Å². The Morgan fingerprint density at radius 3 is 2.50 bits per heavy atom. The summed E-state index contributed by atoms with van der Waals surface area (Å²) in [4.78, 5) is 18.0. The number of piperidine rings is 1. The summed E-state index contributed by atoms with van der Waals surface area (Å²) in [5.74, 6) is 0. The summed E-state index contributed by atoms with van der Waals surface area (Å²) >= 11 is 0. The smallest absolute Gasteiger partial charge is 0.326 e. The third-order valence-electron chi connectivity index (χ3n) is 5.44. The van der Waals surface area contributed by atoms with Crippen LogP contribution in [0.25, 0.3) is 11.0 Å². The summed E-state index contributed by atoms with van der Waals surface area (Å²) in [6.07, 6.45) is 4.41. The molecule has 0 bridgehead atoms. The first-order valence-corrected chi connectivity index (χ1v) is 8.75. The first kappa shape index (κ1) is 17.5. The van der Waals surface area contributed by atoms with Crippen molar-refractivity contribution in [2.45, 2.75) is 44.7 Å². The van der Waals surface area contributed by atoms with E-state index in [0.717, 1.165) is 63.0 Å². The molecule has 6 heteroatoms. The number of nitrogens with zero attached hydrogens (tertiary/aromatic N) is 2. The predicted molar refractivity (Wildman–Crippen MR) is 98.2 cm³/mol. The number of rotatable bonds is 2. The second-order valence-electron chi connectivity index (χ2n) is 6.93. The van der Waals surface area contributed by atoms with Gasteiger partial charge in [0.25, 0.3) is 0 Å². The Hall–Kier alpha value is -1.30.